The number of amides is 1. The molecular formula is C12H11N3O2S. The lowest BCUT2D eigenvalue weighted by molar-refractivity contribution is -0.114. The lowest BCUT2D eigenvalue weighted by Crippen LogP contribution is -2.22. The molecule has 2 aromatic rings. The van der Waals surface area contributed by atoms with Gasteiger partial charge in [-0.15, -0.1) is 11.3 Å². The van der Waals surface area contributed by atoms with Crippen molar-refractivity contribution in [3.63, 3.8) is 0 Å². The summed E-state index contributed by atoms with van der Waals surface area (Å²) in [6.45, 7) is -0.116. The molecular weight excluding hydrogens is 250 g/mol. The summed E-state index contributed by atoms with van der Waals surface area (Å²) in [7, 11) is 0. The number of carbonyl (C=O) groups is 2. The van der Waals surface area contributed by atoms with Crippen LogP contribution in [-0.4, -0.2) is 23.2 Å². The van der Waals surface area contributed by atoms with Gasteiger partial charge in [-0.3, -0.25) is 14.6 Å². The van der Waals surface area contributed by atoms with E-state index in [-0.39, 0.29) is 18.2 Å². The van der Waals surface area contributed by atoms with Gasteiger partial charge >= 0.3 is 0 Å². The Kier molecular flexibility index (Phi) is 3.81. The molecule has 6 heteroatoms. The number of nitrogens with one attached hydrogen (secondary N) is 1. The van der Waals surface area contributed by atoms with Crippen LogP contribution in [0.2, 0.25) is 0 Å². The minimum Gasteiger partial charge on any atom is -0.322 e. The third-order valence-electron chi connectivity index (χ3n) is 2.25. The summed E-state index contributed by atoms with van der Waals surface area (Å²) in [4.78, 5) is 27.4. The topological polar surface area (TPSA) is 85.1 Å². The van der Waals surface area contributed by atoms with E-state index in [9.17, 15) is 9.59 Å². The number of aromatic nitrogens is 1. The number of hydrogen-bond donors (Lipinski definition) is 2. The van der Waals surface area contributed by atoms with Crippen LogP contribution in [0.5, 0.6) is 0 Å². The molecule has 0 radical (unpaired) electrons. The quantitative estimate of drug-likeness (QED) is 0.812. The first-order valence-corrected chi connectivity index (χ1v) is 6.13. The normalized spacial score (nSPS) is 10.1. The van der Waals surface area contributed by atoms with E-state index in [0.29, 0.717) is 16.3 Å². The SMILES string of the molecule is NCC(=O)Nc1sccc1C(=O)c1ccccn1. The molecule has 2 rings (SSSR count). The monoisotopic (exact) mass is 261 g/mol. The second kappa shape index (κ2) is 5.52. The summed E-state index contributed by atoms with van der Waals surface area (Å²) in [5, 5.41) is 4.84. The first-order chi connectivity index (χ1) is 8.72. The predicted molar refractivity (Wildman–Crippen MR) is 69.7 cm³/mol. The number of nitrogens with zero attached hydrogens (tertiary/aromatic N) is 1. The van der Waals surface area contributed by atoms with Crippen molar-refractivity contribution in [3.8, 4) is 0 Å². The van der Waals surface area contributed by atoms with E-state index in [1.807, 2.05) is 0 Å². The Morgan fingerprint density at radius 2 is 2.17 bits per heavy atom. The maximum absolute atomic E-state index is 12.2. The van der Waals surface area contributed by atoms with Gasteiger partial charge in [-0.25, -0.2) is 0 Å². The molecule has 1 amide bonds. The highest BCUT2D eigenvalue weighted by Crippen LogP contribution is 2.25. The van der Waals surface area contributed by atoms with E-state index < -0.39 is 0 Å². The molecule has 0 saturated carbocycles. The Bertz CT molecular complexity index is 566. The van der Waals surface area contributed by atoms with Crippen molar-refractivity contribution in [1.82, 2.24) is 4.98 Å². The molecule has 18 heavy (non-hydrogen) atoms. The van der Waals surface area contributed by atoms with Gasteiger partial charge in [-0.05, 0) is 23.6 Å². The second-order valence-corrected chi connectivity index (χ2v) is 4.38. The molecule has 3 N–H and O–H groups in total. The van der Waals surface area contributed by atoms with E-state index in [1.54, 1.807) is 35.8 Å². The molecule has 0 aliphatic heterocycles. The van der Waals surface area contributed by atoms with Gasteiger partial charge in [0, 0.05) is 6.20 Å². The lowest BCUT2D eigenvalue weighted by Gasteiger charge is -2.04. The van der Waals surface area contributed by atoms with Gasteiger partial charge < -0.3 is 11.1 Å². The maximum Gasteiger partial charge on any atom is 0.238 e. The van der Waals surface area contributed by atoms with Crippen molar-refractivity contribution in [3.05, 3.63) is 47.1 Å². The minimum absolute atomic E-state index is 0.116. The van der Waals surface area contributed by atoms with Crippen LogP contribution >= 0.6 is 11.3 Å². The van der Waals surface area contributed by atoms with Crippen LogP contribution in [0.1, 0.15) is 16.1 Å². The molecule has 0 spiro atoms. The fourth-order valence-electron chi connectivity index (χ4n) is 1.40. The highest BCUT2D eigenvalue weighted by Gasteiger charge is 2.16. The molecule has 0 aromatic carbocycles. The average molecular weight is 261 g/mol. The molecule has 0 atom stereocenters. The van der Waals surface area contributed by atoms with Gasteiger partial charge in [0.05, 0.1) is 12.1 Å². The molecule has 0 bridgehead atoms. The fourth-order valence-corrected chi connectivity index (χ4v) is 2.20. The van der Waals surface area contributed by atoms with E-state index in [0.717, 1.165) is 0 Å². The smallest absolute Gasteiger partial charge is 0.238 e. The van der Waals surface area contributed by atoms with E-state index >= 15 is 0 Å². The number of pyridine rings is 1. The summed E-state index contributed by atoms with van der Waals surface area (Å²) in [6, 6.07) is 6.77. The van der Waals surface area contributed by atoms with Crippen molar-refractivity contribution < 1.29 is 9.59 Å². The molecule has 0 aliphatic carbocycles. The first kappa shape index (κ1) is 12.4. The molecule has 2 aromatic heterocycles. The third kappa shape index (κ3) is 2.61. The molecule has 2 heterocycles. The van der Waals surface area contributed by atoms with Crippen LogP contribution in [0.15, 0.2) is 35.8 Å². The molecule has 0 unspecified atom stereocenters. The standard InChI is InChI=1S/C12H11N3O2S/c13-7-10(16)15-12-8(4-6-18-12)11(17)9-3-1-2-5-14-9/h1-6H,7,13H2,(H,15,16). The van der Waals surface area contributed by atoms with Crippen LogP contribution in [0, 0.1) is 0 Å². The van der Waals surface area contributed by atoms with E-state index in [1.165, 1.54) is 11.3 Å². The zero-order chi connectivity index (χ0) is 13.0. The van der Waals surface area contributed by atoms with E-state index in [2.05, 4.69) is 10.3 Å². The van der Waals surface area contributed by atoms with Crippen LogP contribution in [0.4, 0.5) is 5.00 Å². The van der Waals surface area contributed by atoms with Crippen molar-refractivity contribution in [1.29, 1.82) is 0 Å². The zero-order valence-corrected chi connectivity index (χ0v) is 10.2. The lowest BCUT2D eigenvalue weighted by atomic mass is 10.1. The van der Waals surface area contributed by atoms with Crippen molar-refractivity contribution in [2.45, 2.75) is 0 Å². The molecule has 0 aliphatic rings. The molecule has 92 valence electrons. The van der Waals surface area contributed by atoms with Gasteiger partial charge in [0.25, 0.3) is 0 Å². The Labute approximate surface area is 108 Å². The van der Waals surface area contributed by atoms with Crippen LogP contribution < -0.4 is 11.1 Å². The molecule has 0 fully saturated rings. The Balaban J connectivity index is 2.27. The summed E-state index contributed by atoms with van der Waals surface area (Å²) in [5.74, 6) is -0.545. The number of hydrogen-bond acceptors (Lipinski definition) is 5. The van der Waals surface area contributed by atoms with Gasteiger partial charge in [0.15, 0.2) is 0 Å². The van der Waals surface area contributed by atoms with E-state index in [4.69, 9.17) is 5.73 Å². The van der Waals surface area contributed by atoms with Gasteiger partial charge in [-0.2, -0.15) is 0 Å². The minimum atomic E-state index is -0.326. The number of anilines is 1. The second-order valence-electron chi connectivity index (χ2n) is 3.46. The highest BCUT2D eigenvalue weighted by atomic mass is 32.1. The number of thiophene rings is 1. The Hall–Kier alpha value is -2.05. The van der Waals surface area contributed by atoms with Crippen molar-refractivity contribution in [2.24, 2.45) is 5.73 Å². The number of carbonyl (C=O) groups excluding carboxylic acids is 2. The largest absolute Gasteiger partial charge is 0.322 e. The summed E-state index contributed by atoms with van der Waals surface area (Å²) in [5.41, 5.74) is 6.00. The summed E-state index contributed by atoms with van der Waals surface area (Å²) in [6.07, 6.45) is 1.55. The van der Waals surface area contributed by atoms with Crippen molar-refractivity contribution >= 4 is 28.0 Å². The predicted octanol–water partition coefficient (Wildman–Crippen LogP) is 1.27. The van der Waals surface area contributed by atoms with Crippen LogP contribution in [0.25, 0.3) is 0 Å². The number of ketones is 1. The Morgan fingerprint density at radius 1 is 1.33 bits per heavy atom. The molecule has 5 nitrogen and oxygen atoms in total. The Morgan fingerprint density at radius 3 is 2.83 bits per heavy atom. The molecule has 0 saturated heterocycles. The average Bonchev–Trinajstić information content (AvgIpc) is 2.86. The summed E-state index contributed by atoms with van der Waals surface area (Å²) < 4.78 is 0. The third-order valence-corrected chi connectivity index (χ3v) is 3.08. The maximum atomic E-state index is 12.2. The number of nitrogens with two attached hydrogens (primary N) is 1. The zero-order valence-electron chi connectivity index (χ0n) is 9.42. The van der Waals surface area contributed by atoms with Gasteiger partial charge in [-0.1, -0.05) is 6.07 Å². The number of rotatable bonds is 4. The fraction of sp³-hybridized carbons (Fsp3) is 0.0833. The van der Waals surface area contributed by atoms with Crippen molar-refractivity contribution in [2.75, 3.05) is 11.9 Å². The van der Waals surface area contributed by atoms with Gasteiger partial charge in [0.2, 0.25) is 11.7 Å². The van der Waals surface area contributed by atoms with Crippen LogP contribution in [0.3, 0.4) is 0 Å². The highest BCUT2D eigenvalue weighted by molar-refractivity contribution is 7.14. The summed E-state index contributed by atoms with van der Waals surface area (Å²) >= 11 is 1.28. The van der Waals surface area contributed by atoms with Gasteiger partial charge in [0.1, 0.15) is 10.7 Å². The first-order valence-electron chi connectivity index (χ1n) is 5.25. The van der Waals surface area contributed by atoms with Crippen LogP contribution in [-0.2, 0) is 4.79 Å².